The molecule has 0 heterocycles. The van der Waals surface area contributed by atoms with Gasteiger partial charge in [-0.05, 0) is 36.8 Å². The molecule has 0 aromatic heterocycles. The fourth-order valence-corrected chi connectivity index (χ4v) is 3.51. The third-order valence-corrected chi connectivity index (χ3v) is 4.67. The Balaban J connectivity index is 1.59. The highest BCUT2D eigenvalue weighted by atomic mass is 16.2. The van der Waals surface area contributed by atoms with Crippen molar-refractivity contribution in [2.75, 3.05) is 0 Å². The molecule has 0 aliphatic heterocycles. The Morgan fingerprint density at radius 2 is 1.67 bits per heavy atom. The number of carbonyl (C=O) groups is 2. The van der Waals surface area contributed by atoms with E-state index in [0.717, 1.165) is 25.7 Å². The highest BCUT2D eigenvalue weighted by Crippen LogP contribution is 2.29. The van der Waals surface area contributed by atoms with E-state index in [1.807, 2.05) is 12.1 Å². The predicted octanol–water partition coefficient (Wildman–Crippen LogP) is 1.25. The average molecular weight is 287 g/mol. The van der Waals surface area contributed by atoms with E-state index in [9.17, 15) is 9.59 Å². The molecule has 0 saturated heterocycles. The number of amides is 3. The van der Waals surface area contributed by atoms with Gasteiger partial charge in [-0.1, -0.05) is 37.1 Å². The molecule has 0 radical (unpaired) electrons. The van der Waals surface area contributed by atoms with E-state index in [0.29, 0.717) is 12.8 Å². The van der Waals surface area contributed by atoms with Crippen molar-refractivity contribution in [1.82, 2.24) is 10.6 Å². The highest BCUT2D eigenvalue weighted by molar-refractivity contribution is 5.90. The molecular weight excluding hydrogens is 266 g/mol. The Hall–Kier alpha value is -2.04. The number of nitrogens with one attached hydrogen (secondary N) is 2. The highest BCUT2D eigenvalue weighted by Gasteiger charge is 2.41. The smallest absolute Gasteiger partial charge is 0.315 e. The zero-order chi connectivity index (χ0) is 14.9. The molecule has 112 valence electrons. The van der Waals surface area contributed by atoms with Crippen LogP contribution >= 0.6 is 0 Å². The maximum atomic E-state index is 12.2. The third-order valence-electron chi connectivity index (χ3n) is 4.67. The van der Waals surface area contributed by atoms with Crippen molar-refractivity contribution < 1.29 is 9.59 Å². The van der Waals surface area contributed by atoms with Gasteiger partial charge in [0, 0.05) is 6.04 Å². The van der Waals surface area contributed by atoms with Crippen molar-refractivity contribution in [3.8, 4) is 0 Å². The number of carbonyl (C=O) groups excluding carboxylic acids is 2. The fourth-order valence-electron chi connectivity index (χ4n) is 3.51. The van der Waals surface area contributed by atoms with Gasteiger partial charge in [0.1, 0.15) is 5.54 Å². The maximum absolute atomic E-state index is 12.2. The summed E-state index contributed by atoms with van der Waals surface area (Å²) in [7, 11) is 0. The molecule has 0 unspecified atom stereocenters. The molecule has 5 nitrogen and oxygen atoms in total. The summed E-state index contributed by atoms with van der Waals surface area (Å²) in [6.07, 6.45) is 4.82. The van der Waals surface area contributed by atoms with Gasteiger partial charge in [-0.2, -0.15) is 0 Å². The lowest BCUT2D eigenvalue weighted by molar-refractivity contribution is -0.123. The molecule has 0 bridgehead atoms. The molecule has 0 atom stereocenters. The molecule has 5 heteroatoms. The Labute approximate surface area is 124 Å². The van der Waals surface area contributed by atoms with Crippen LogP contribution in [0.3, 0.4) is 0 Å². The third kappa shape index (κ3) is 2.73. The predicted molar refractivity (Wildman–Crippen MR) is 79.7 cm³/mol. The number of hydrogen-bond acceptors (Lipinski definition) is 2. The Morgan fingerprint density at radius 3 is 2.19 bits per heavy atom. The molecule has 2 aliphatic carbocycles. The van der Waals surface area contributed by atoms with Crippen LogP contribution in [0.15, 0.2) is 24.3 Å². The SMILES string of the molecule is NC(=O)C1(NC(=O)NC2Cc3ccccc3C2)CCCC1. The van der Waals surface area contributed by atoms with E-state index in [1.165, 1.54) is 11.1 Å². The second kappa shape index (κ2) is 5.39. The van der Waals surface area contributed by atoms with Crippen molar-refractivity contribution >= 4 is 11.9 Å². The topological polar surface area (TPSA) is 84.2 Å². The van der Waals surface area contributed by atoms with Crippen LogP contribution in [-0.2, 0) is 17.6 Å². The van der Waals surface area contributed by atoms with E-state index < -0.39 is 11.4 Å². The lowest BCUT2D eigenvalue weighted by Crippen LogP contribution is -2.59. The lowest BCUT2D eigenvalue weighted by atomic mass is 9.97. The molecule has 0 spiro atoms. The van der Waals surface area contributed by atoms with Crippen LogP contribution in [0.1, 0.15) is 36.8 Å². The standard InChI is InChI=1S/C16H21N3O2/c17-14(20)16(7-3-4-8-16)19-15(21)18-13-9-11-5-1-2-6-12(11)10-13/h1-2,5-6,13H,3-4,7-10H2,(H2,17,20)(H2,18,19,21). The van der Waals surface area contributed by atoms with Gasteiger partial charge in [0.2, 0.25) is 5.91 Å². The van der Waals surface area contributed by atoms with Gasteiger partial charge in [-0.15, -0.1) is 0 Å². The molecule has 1 fully saturated rings. The van der Waals surface area contributed by atoms with Crippen molar-refractivity contribution in [3.05, 3.63) is 35.4 Å². The second-order valence-corrected chi connectivity index (χ2v) is 6.13. The second-order valence-electron chi connectivity index (χ2n) is 6.13. The average Bonchev–Trinajstić information content (AvgIpc) is 3.05. The molecule has 3 rings (SSSR count). The van der Waals surface area contributed by atoms with Crippen molar-refractivity contribution in [3.63, 3.8) is 0 Å². The summed E-state index contributed by atoms with van der Waals surface area (Å²) in [6, 6.07) is 8.03. The van der Waals surface area contributed by atoms with Crippen molar-refractivity contribution in [2.45, 2.75) is 50.1 Å². The fraction of sp³-hybridized carbons (Fsp3) is 0.500. The first-order chi connectivity index (χ1) is 10.1. The van der Waals surface area contributed by atoms with E-state index in [2.05, 4.69) is 22.8 Å². The van der Waals surface area contributed by atoms with Gasteiger partial charge >= 0.3 is 6.03 Å². The van der Waals surface area contributed by atoms with Gasteiger partial charge in [0.25, 0.3) is 0 Å². The van der Waals surface area contributed by atoms with Crippen LogP contribution in [0, 0.1) is 0 Å². The molecule has 2 aliphatic rings. The summed E-state index contributed by atoms with van der Waals surface area (Å²) in [5.41, 5.74) is 7.20. The van der Waals surface area contributed by atoms with Gasteiger partial charge in [-0.3, -0.25) is 4.79 Å². The van der Waals surface area contributed by atoms with Crippen LogP contribution in [0.2, 0.25) is 0 Å². The van der Waals surface area contributed by atoms with E-state index in [4.69, 9.17) is 5.73 Å². The van der Waals surface area contributed by atoms with Crippen LogP contribution in [-0.4, -0.2) is 23.5 Å². The summed E-state index contributed by atoms with van der Waals surface area (Å²) >= 11 is 0. The van der Waals surface area contributed by atoms with E-state index >= 15 is 0 Å². The van der Waals surface area contributed by atoms with Crippen molar-refractivity contribution in [2.24, 2.45) is 5.73 Å². The summed E-state index contributed by atoms with van der Waals surface area (Å²) < 4.78 is 0. The molecule has 1 aromatic rings. The minimum absolute atomic E-state index is 0.0914. The largest absolute Gasteiger partial charge is 0.368 e. The monoisotopic (exact) mass is 287 g/mol. The van der Waals surface area contributed by atoms with E-state index in [-0.39, 0.29) is 12.1 Å². The van der Waals surface area contributed by atoms with Gasteiger partial charge < -0.3 is 16.4 Å². The molecule has 3 amide bonds. The summed E-state index contributed by atoms with van der Waals surface area (Å²) in [5.74, 6) is -0.426. The summed E-state index contributed by atoms with van der Waals surface area (Å²) in [4.78, 5) is 23.8. The van der Waals surface area contributed by atoms with Gasteiger partial charge in [-0.25, -0.2) is 4.79 Å². The number of benzene rings is 1. The minimum atomic E-state index is -0.852. The minimum Gasteiger partial charge on any atom is -0.368 e. The first-order valence-corrected chi connectivity index (χ1v) is 7.54. The van der Waals surface area contributed by atoms with Crippen LogP contribution in [0.4, 0.5) is 4.79 Å². The van der Waals surface area contributed by atoms with Gasteiger partial charge in [0.15, 0.2) is 0 Å². The normalized spacial score (nSPS) is 20.0. The molecule has 1 aromatic carbocycles. The van der Waals surface area contributed by atoms with E-state index in [1.54, 1.807) is 0 Å². The molecule has 1 saturated carbocycles. The van der Waals surface area contributed by atoms with Gasteiger partial charge in [0.05, 0.1) is 0 Å². The van der Waals surface area contributed by atoms with Crippen LogP contribution in [0.5, 0.6) is 0 Å². The Kier molecular flexibility index (Phi) is 3.57. The number of rotatable bonds is 3. The Bertz CT molecular complexity index is 539. The molecule has 4 N–H and O–H groups in total. The molecule has 21 heavy (non-hydrogen) atoms. The summed E-state index contributed by atoms with van der Waals surface area (Å²) in [6.45, 7) is 0. The van der Waals surface area contributed by atoms with Crippen LogP contribution in [0.25, 0.3) is 0 Å². The maximum Gasteiger partial charge on any atom is 0.315 e. The number of hydrogen-bond donors (Lipinski definition) is 3. The first kappa shape index (κ1) is 13.9. The quantitative estimate of drug-likeness (QED) is 0.781. The number of urea groups is 1. The number of nitrogens with two attached hydrogens (primary N) is 1. The lowest BCUT2D eigenvalue weighted by Gasteiger charge is -2.27. The van der Waals surface area contributed by atoms with Crippen molar-refractivity contribution in [1.29, 1.82) is 0 Å². The zero-order valence-electron chi connectivity index (χ0n) is 12.0. The summed E-state index contributed by atoms with van der Waals surface area (Å²) in [5, 5.41) is 5.80. The zero-order valence-corrected chi connectivity index (χ0v) is 12.0. The number of fused-ring (bicyclic) bond motifs is 1. The van der Waals surface area contributed by atoms with Crippen LogP contribution < -0.4 is 16.4 Å². The molecular formula is C16H21N3O2. The number of primary amides is 1. The Morgan fingerprint density at radius 1 is 1.10 bits per heavy atom. The first-order valence-electron chi connectivity index (χ1n) is 7.54.